The van der Waals surface area contributed by atoms with Gasteiger partial charge in [0.25, 0.3) is 5.91 Å². The summed E-state index contributed by atoms with van der Waals surface area (Å²) in [4.78, 5) is 15.4. The first-order chi connectivity index (χ1) is 10.0. The van der Waals surface area contributed by atoms with Crippen LogP contribution in [0, 0.1) is 6.92 Å². The van der Waals surface area contributed by atoms with Crippen molar-refractivity contribution in [1.82, 2.24) is 4.98 Å². The highest BCUT2D eigenvalue weighted by molar-refractivity contribution is 9.10. The van der Waals surface area contributed by atoms with E-state index in [0.29, 0.717) is 16.3 Å². The zero-order valence-electron chi connectivity index (χ0n) is 11.2. The minimum absolute atomic E-state index is 0.174. The summed E-state index contributed by atoms with van der Waals surface area (Å²) >= 11 is 9.54. The van der Waals surface area contributed by atoms with Crippen molar-refractivity contribution in [2.24, 2.45) is 0 Å². The number of H-pyrrole nitrogens is 1. The van der Waals surface area contributed by atoms with Gasteiger partial charge in [0, 0.05) is 26.8 Å². The number of nitrogens with one attached hydrogen (secondary N) is 2. The normalized spacial score (nSPS) is 10.8. The number of carbonyl (C=O) groups excluding carboxylic acids is 1. The van der Waals surface area contributed by atoms with Crippen LogP contribution in [-0.4, -0.2) is 10.9 Å². The van der Waals surface area contributed by atoms with Gasteiger partial charge in [-0.25, -0.2) is 0 Å². The number of anilines is 1. The van der Waals surface area contributed by atoms with Crippen LogP contribution in [-0.2, 0) is 0 Å². The van der Waals surface area contributed by atoms with Gasteiger partial charge in [0.2, 0.25) is 0 Å². The Bertz CT molecular complexity index is 841. The zero-order chi connectivity index (χ0) is 15.0. The van der Waals surface area contributed by atoms with Crippen LogP contribution in [0.25, 0.3) is 10.9 Å². The third kappa shape index (κ3) is 2.82. The van der Waals surface area contributed by atoms with Crippen LogP contribution >= 0.6 is 27.5 Å². The monoisotopic (exact) mass is 362 g/mol. The molecule has 3 rings (SSSR count). The van der Waals surface area contributed by atoms with Crippen LogP contribution in [0.2, 0.25) is 5.02 Å². The van der Waals surface area contributed by atoms with Gasteiger partial charge in [-0.15, -0.1) is 0 Å². The summed E-state index contributed by atoms with van der Waals surface area (Å²) in [7, 11) is 0. The van der Waals surface area contributed by atoms with E-state index in [-0.39, 0.29) is 5.91 Å². The molecule has 2 N–H and O–H groups in total. The third-order valence-corrected chi connectivity index (χ3v) is 4.38. The molecule has 0 bridgehead atoms. The zero-order valence-corrected chi connectivity index (χ0v) is 13.5. The number of benzene rings is 2. The van der Waals surface area contributed by atoms with Crippen molar-refractivity contribution in [3.8, 4) is 0 Å². The van der Waals surface area contributed by atoms with Crippen LogP contribution in [0.15, 0.2) is 47.1 Å². The summed E-state index contributed by atoms with van der Waals surface area (Å²) in [5, 5.41) is 4.56. The number of aryl methyl sites for hydroxylation is 1. The molecule has 3 nitrogen and oxygen atoms in total. The minimum atomic E-state index is -0.174. The highest BCUT2D eigenvalue weighted by atomic mass is 79.9. The molecule has 0 aliphatic heterocycles. The second-order valence-corrected chi connectivity index (χ2v) is 6.08. The Hall–Kier alpha value is -1.78. The molecule has 21 heavy (non-hydrogen) atoms. The molecule has 0 fully saturated rings. The molecule has 1 amide bonds. The number of aromatic amines is 1. The van der Waals surface area contributed by atoms with E-state index < -0.39 is 0 Å². The highest BCUT2D eigenvalue weighted by Crippen LogP contribution is 2.29. The van der Waals surface area contributed by atoms with E-state index in [2.05, 4.69) is 26.2 Å². The Labute approximate surface area is 135 Å². The van der Waals surface area contributed by atoms with Gasteiger partial charge in [-0.1, -0.05) is 17.7 Å². The highest BCUT2D eigenvalue weighted by Gasteiger charge is 2.11. The fourth-order valence-electron chi connectivity index (χ4n) is 2.13. The first kappa shape index (κ1) is 14.2. The fourth-order valence-corrected chi connectivity index (χ4v) is 2.85. The van der Waals surface area contributed by atoms with Gasteiger partial charge < -0.3 is 10.3 Å². The van der Waals surface area contributed by atoms with E-state index in [0.717, 1.165) is 20.9 Å². The van der Waals surface area contributed by atoms with Crippen LogP contribution < -0.4 is 5.32 Å². The minimum Gasteiger partial charge on any atom is -0.361 e. The number of aromatic nitrogens is 1. The van der Waals surface area contributed by atoms with Crippen LogP contribution in [0.3, 0.4) is 0 Å². The number of hydrogen-bond acceptors (Lipinski definition) is 1. The molecule has 2 aromatic carbocycles. The molecule has 0 unspecified atom stereocenters. The Morgan fingerprint density at radius 2 is 2.05 bits per heavy atom. The first-order valence-corrected chi connectivity index (χ1v) is 7.56. The maximum absolute atomic E-state index is 12.3. The standard InChI is InChI=1S/C16H12BrClN2O/c1-9-6-12(17)15(8-13(9)18)20-16(21)11-3-2-10-4-5-19-14(10)7-11/h2-8,19H,1H3,(H,20,21). The van der Waals surface area contributed by atoms with Crippen molar-refractivity contribution < 1.29 is 4.79 Å². The molecule has 106 valence electrons. The quantitative estimate of drug-likeness (QED) is 0.650. The van der Waals surface area contributed by atoms with Gasteiger partial charge in [-0.3, -0.25) is 4.79 Å². The summed E-state index contributed by atoms with van der Waals surface area (Å²) < 4.78 is 0.804. The predicted molar refractivity (Wildman–Crippen MR) is 90.1 cm³/mol. The molecule has 0 aliphatic carbocycles. The summed E-state index contributed by atoms with van der Waals surface area (Å²) in [6.07, 6.45) is 1.85. The molecule has 3 aromatic rings. The molecule has 0 atom stereocenters. The van der Waals surface area contributed by atoms with Crippen molar-refractivity contribution in [2.75, 3.05) is 5.32 Å². The van der Waals surface area contributed by atoms with E-state index in [9.17, 15) is 4.79 Å². The number of carbonyl (C=O) groups is 1. The average molecular weight is 364 g/mol. The molecule has 1 aromatic heterocycles. The molecule has 0 saturated heterocycles. The van der Waals surface area contributed by atoms with Gasteiger partial charge in [-0.2, -0.15) is 0 Å². The van der Waals surface area contributed by atoms with E-state index >= 15 is 0 Å². The van der Waals surface area contributed by atoms with Gasteiger partial charge in [-0.05, 0) is 64.1 Å². The Morgan fingerprint density at radius 1 is 1.24 bits per heavy atom. The summed E-state index contributed by atoms with van der Waals surface area (Å²) in [6, 6.07) is 11.1. The largest absolute Gasteiger partial charge is 0.361 e. The topological polar surface area (TPSA) is 44.9 Å². The molecule has 5 heteroatoms. The Balaban J connectivity index is 1.90. The lowest BCUT2D eigenvalue weighted by Gasteiger charge is -2.09. The second kappa shape index (κ2) is 5.54. The van der Waals surface area contributed by atoms with E-state index in [4.69, 9.17) is 11.6 Å². The summed E-state index contributed by atoms with van der Waals surface area (Å²) in [6.45, 7) is 1.91. The molecule has 1 heterocycles. The van der Waals surface area contributed by atoms with Gasteiger partial charge >= 0.3 is 0 Å². The number of rotatable bonds is 2. The van der Waals surface area contributed by atoms with Crippen molar-refractivity contribution in [3.05, 3.63) is 63.2 Å². The third-order valence-electron chi connectivity index (χ3n) is 3.31. The summed E-state index contributed by atoms with van der Waals surface area (Å²) in [5.74, 6) is -0.174. The lowest BCUT2D eigenvalue weighted by atomic mass is 10.1. The molecular formula is C16H12BrClN2O. The Morgan fingerprint density at radius 3 is 2.86 bits per heavy atom. The van der Waals surface area contributed by atoms with Crippen molar-refractivity contribution in [2.45, 2.75) is 6.92 Å². The first-order valence-electron chi connectivity index (χ1n) is 6.39. The second-order valence-electron chi connectivity index (χ2n) is 4.82. The molecule has 0 spiro atoms. The van der Waals surface area contributed by atoms with Crippen molar-refractivity contribution in [3.63, 3.8) is 0 Å². The van der Waals surface area contributed by atoms with Crippen molar-refractivity contribution in [1.29, 1.82) is 0 Å². The van der Waals surface area contributed by atoms with Crippen LogP contribution in [0.5, 0.6) is 0 Å². The lowest BCUT2D eigenvalue weighted by Crippen LogP contribution is -2.12. The van der Waals surface area contributed by atoms with Crippen LogP contribution in [0.1, 0.15) is 15.9 Å². The molecular weight excluding hydrogens is 352 g/mol. The molecule has 0 radical (unpaired) electrons. The maximum Gasteiger partial charge on any atom is 0.255 e. The maximum atomic E-state index is 12.3. The lowest BCUT2D eigenvalue weighted by molar-refractivity contribution is 0.102. The van der Waals surface area contributed by atoms with Gasteiger partial charge in [0.1, 0.15) is 0 Å². The Kier molecular flexibility index (Phi) is 3.74. The fraction of sp³-hybridized carbons (Fsp3) is 0.0625. The molecule has 0 saturated carbocycles. The number of hydrogen-bond donors (Lipinski definition) is 2. The van der Waals surface area contributed by atoms with Gasteiger partial charge in [0.05, 0.1) is 5.69 Å². The van der Waals surface area contributed by atoms with E-state index in [1.165, 1.54) is 0 Å². The average Bonchev–Trinajstić information content (AvgIpc) is 2.92. The number of halogens is 2. The van der Waals surface area contributed by atoms with Crippen molar-refractivity contribution >= 4 is 50.0 Å². The van der Waals surface area contributed by atoms with Gasteiger partial charge in [0.15, 0.2) is 0 Å². The number of fused-ring (bicyclic) bond motifs is 1. The summed E-state index contributed by atoms with van der Waals surface area (Å²) in [5.41, 5.74) is 3.13. The van der Waals surface area contributed by atoms with E-state index in [1.54, 1.807) is 12.1 Å². The van der Waals surface area contributed by atoms with E-state index in [1.807, 2.05) is 37.4 Å². The smallest absolute Gasteiger partial charge is 0.255 e. The molecule has 0 aliphatic rings. The SMILES string of the molecule is Cc1cc(Br)c(NC(=O)c2ccc3cc[nH]c3c2)cc1Cl. The number of amides is 1. The predicted octanol–water partition coefficient (Wildman–Crippen LogP) is 5.14. The van der Waals surface area contributed by atoms with Crippen LogP contribution in [0.4, 0.5) is 5.69 Å².